The van der Waals surface area contributed by atoms with E-state index >= 15 is 0 Å². The smallest absolute Gasteiger partial charge is 0.274 e. The van der Waals surface area contributed by atoms with E-state index in [-0.39, 0.29) is 11.3 Å². The van der Waals surface area contributed by atoms with Crippen LogP contribution in [0.5, 0.6) is 5.75 Å². The van der Waals surface area contributed by atoms with Gasteiger partial charge in [0.2, 0.25) is 0 Å². The van der Waals surface area contributed by atoms with E-state index in [0.29, 0.717) is 22.1 Å². The molecule has 3 aromatic rings. The molecule has 1 heterocycles. The van der Waals surface area contributed by atoms with Crippen LogP contribution in [0.3, 0.4) is 0 Å². The van der Waals surface area contributed by atoms with Gasteiger partial charge in [0.25, 0.3) is 11.8 Å². The molecule has 0 bridgehead atoms. The maximum absolute atomic E-state index is 12.6. The van der Waals surface area contributed by atoms with Crippen LogP contribution in [0, 0.1) is 0 Å². The van der Waals surface area contributed by atoms with Gasteiger partial charge in [0.15, 0.2) is 0 Å². The van der Waals surface area contributed by atoms with E-state index in [2.05, 4.69) is 15.6 Å². The van der Waals surface area contributed by atoms with E-state index in [9.17, 15) is 9.59 Å². The fourth-order valence-corrected chi connectivity index (χ4v) is 2.56. The van der Waals surface area contributed by atoms with Crippen molar-refractivity contribution in [3.63, 3.8) is 0 Å². The lowest BCUT2D eigenvalue weighted by Crippen LogP contribution is -2.17. The Labute approximate surface area is 161 Å². The highest BCUT2D eigenvalue weighted by molar-refractivity contribution is 6.31. The Morgan fingerprint density at radius 3 is 2.48 bits per heavy atom. The quantitative estimate of drug-likeness (QED) is 0.692. The number of pyridine rings is 1. The summed E-state index contributed by atoms with van der Waals surface area (Å²) in [5, 5.41) is 5.92. The lowest BCUT2D eigenvalue weighted by Gasteiger charge is -2.11. The van der Waals surface area contributed by atoms with Crippen molar-refractivity contribution in [1.29, 1.82) is 0 Å². The van der Waals surface area contributed by atoms with Gasteiger partial charge in [0, 0.05) is 22.5 Å². The van der Waals surface area contributed by atoms with Gasteiger partial charge in [0.1, 0.15) is 11.4 Å². The van der Waals surface area contributed by atoms with Gasteiger partial charge in [-0.15, -0.1) is 0 Å². The topological polar surface area (TPSA) is 80.3 Å². The normalized spacial score (nSPS) is 10.1. The fourth-order valence-electron chi connectivity index (χ4n) is 2.38. The van der Waals surface area contributed by atoms with Crippen LogP contribution in [0.4, 0.5) is 11.4 Å². The predicted molar refractivity (Wildman–Crippen MR) is 105 cm³/mol. The maximum atomic E-state index is 12.6. The number of anilines is 2. The third-order valence-electron chi connectivity index (χ3n) is 3.70. The van der Waals surface area contributed by atoms with Crippen LogP contribution in [-0.2, 0) is 0 Å². The molecule has 0 radical (unpaired) electrons. The van der Waals surface area contributed by atoms with Gasteiger partial charge >= 0.3 is 0 Å². The van der Waals surface area contributed by atoms with Crippen LogP contribution in [-0.4, -0.2) is 23.9 Å². The predicted octanol–water partition coefficient (Wildman–Crippen LogP) is 4.25. The minimum Gasteiger partial charge on any atom is -0.495 e. The van der Waals surface area contributed by atoms with Crippen LogP contribution in [0.25, 0.3) is 0 Å². The van der Waals surface area contributed by atoms with E-state index in [1.165, 1.54) is 25.4 Å². The van der Waals surface area contributed by atoms with Gasteiger partial charge in [-0.25, -0.2) is 0 Å². The second kappa shape index (κ2) is 8.33. The fraction of sp³-hybridized carbons (Fsp3) is 0.0500. The molecule has 0 fully saturated rings. The zero-order chi connectivity index (χ0) is 19.2. The number of ether oxygens (including phenoxy) is 1. The standard InChI is InChI=1S/C20H16ClN3O3/c1-27-18-8-7-14(21)12-16(18)24-19(25)13-9-10-22-17(11-13)20(26)23-15-5-3-2-4-6-15/h2-12H,1H3,(H,23,26)(H,24,25). The molecule has 0 aliphatic heterocycles. The maximum Gasteiger partial charge on any atom is 0.274 e. The largest absolute Gasteiger partial charge is 0.495 e. The lowest BCUT2D eigenvalue weighted by atomic mass is 10.2. The molecule has 0 unspecified atom stereocenters. The average Bonchev–Trinajstić information content (AvgIpc) is 2.69. The van der Waals surface area contributed by atoms with Crippen LogP contribution in [0.15, 0.2) is 66.9 Å². The number of carbonyl (C=O) groups is 2. The minimum absolute atomic E-state index is 0.129. The first-order valence-corrected chi connectivity index (χ1v) is 8.42. The molecule has 0 atom stereocenters. The summed E-state index contributed by atoms with van der Waals surface area (Å²) in [6.45, 7) is 0. The van der Waals surface area contributed by atoms with Crippen LogP contribution in [0.2, 0.25) is 5.02 Å². The molecule has 6 nitrogen and oxygen atoms in total. The average molecular weight is 382 g/mol. The van der Waals surface area contributed by atoms with Gasteiger partial charge in [0.05, 0.1) is 12.8 Å². The van der Waals surface area contributed by atoms with Crippen LogP contribution >= 0.6 is 11.6 Å². The van der Waals surface area contributed by atoms with Gasteiger partial charge in [-0.3, -0.25) is 14.6 Å². The molecule has 27 heavy (non-hydrogen) atoms. The number of hydrogen-bond donors (Lipinski definition) is 2. The molecule has 7 heteroatoms. The number of amides is 2. The van der Waals surface area contributed by atoms with Gasteiger partial charge < -0.3 is 15.4 Å². The molecule has 2 amide bonds. The third kappa shape index (κ3) is 4.62. The number of nitrogens with zero attached hydrogens (tertiary/aromatic N) is 1. The molecule has 2 aromatic carbocycles. The number of carbonyl (C=O) groups excluding carboxylic acids is 2. The van der Waals surface area contributed by atoms with Gasteiger partial charge in [-0.05, 0) is 42.5 Å². The molecular weight excluding hydrogens is 366 g/mol. The van der Waals surface area contributed by atoms with Crippen molar-refractivity contribution in [2.45, 2.75) is 0 Å². The number of para-hydroxylation sites is 1. The number of aromatic nitrogens is 1. The monoisotopic (exact) mass is 381 g/mol. The molecule has 2 N–H and O–H groups in total. The minimum atomic E-state index is -0.410. The Bertz CT molecular complexity index is 977. The molecule has 1 aromatic heterocycles. The first-order chi connectivity index (χ1) is 13.1. The summed E-state index contributed by atoms with van der Waals surface area (Å²) in [5.74, 6) is -0.341. The highest BCUT2D eigenvalue weighted by Crippen LogP contribution is 2.28. The lowest BCUT2D eigenvalue weighted by molar-refractivity contribution is 0.102. The second-order valence-electron chi connectivity index (χ2n) is 5.55. The zero-order valence-electron chi connectivity index (χ0n) is 14.4. The van der Waals surface area contributed by atoms with E-state index in [1.54, 1.807) is 30.3 Å². The number of hydrogen-bond acceptors (Lipinski definition) is 4. The summed E-state index contributed by atoms with van der Waals surface area (Å²) >= 11 is 5.98. The summed E-state index contributed by atoms with van der Waals surface area (Å²) in [7, 11) is 1.50. The van der Waals surface area contributed by atoms with E-state index in [1.807, 2.05) is 18.2 Å². The first-order valence-electron chi connectivity index (χ1n) is 8.04. The number of methoxy groups -OCH3 is 1. The number of nitrogens with one attached hydrogen (secondary N) is 2. The highest BCUT2D eigenvalue weighted by Gasteiger charge is 2.14. The summed E-state index contributed by atoms with van der Waals surface area (Å²) in [5.41, 5.74) is 1.49. The summed E-state index contributed by atoms with van der Waals surface area (Å²) in [6.07, 6.45) is 1.41. The molecule has 0 spiro atoms. The second-order valence-corrected chi connectivity index (χ2v) is 5.99. The zero-order valence-corrected chi connectivity index (χ0v) is 15.2. The summed E-state index contributed by atoms with van der Waals surface area (Å²) < 4.78 is 5.22. The molecule has 3 rings (SSSR count). The van der Waals surface area contributed by atoms with Crippen LogP contribution < -0.4 is 15.4 Å². The summed E-state index contributed by atoms with van der Waals surface area (Å²) in [4.78, 5) is 28.9. The Hall–Kier alpha value is -3.38. The number of benzene rings is 2. The Balaban J connectivity index is 1.78. The third-order valence-corrected chi connectivity index (χ3v) is 3.93. The molecule has 0 aliphatic rings. The van der Waals surface area contributed by atoms with Crippen molar-refractivity contribution in [2.24, 2.45) is 0 Å². The molecule has 0 saturated heterocycles. The van der Waals surface area contributed by atoms with Crippen molar-refractivity contribution in [3.8, 4) is 5.75 Å². The molecule has 0 aliphatic carbocycles. The Morgan fingerprint density at radius 2 is 1.74 bits per heavy atom. The van der Waals surface area contributed by atoms with E-state index in [0.717, 1.165) is 0 Å². The van der Waals surface area contributed by atoms with Crippen LogP contribution in [0.1, 0.15) is 20.8 Å². The SMILES string of the molecule is COc1ccc(Cl)cc1NC(=O)c1ccnc(C(=O)Nc2ccccc2)c1. The van der Waals surface area contributed by atoms with E-state index in [4.69, 9.17) is 16.3 Å². The van der Waals surface area contributed by atoms with Crippen molar-refractivity contribution in [2.75, 3.05) is 17.7 Å². The van der Waals surface area contributed by atoms with Crippen molar-refractivity contribution >= 4 is 34.8 Å². The van der Waals surface area contributed by atoms with Gasteiger partial charge in [-0.1, -0.05) is 29.8 Å². The van der Waals surface area contributed by atoms with E-state index < -0.39 is 11.8 Å². The molecular formula is C20H16ClN3O3. The van der Waals surface area contributed by atoms with Crippen molar-refractivity contribution in [3.05, 3.63) is 83.1 Å². The highest BCUT2D eigenvalue weighted by atomic mass is 35.5. The summed E-state index contributed by atoms with van der Waals surface area (Å²) in [6, 6.07) is 16.8. The number of halogens is 1. The number of rotatable bonds is 5. The van der Waals surface area contributed by atoms with Gasteiger partial charge in [-0.2, -0.15) is 0 Å². The first kappa shape index (κ1) is 18.4. The Morgan fingerprint density at radius 1 is 0.963 bits per heavy atom. The molecule has 0 saturated carbocycles. The van der Waals surface area contributed by atoms with Crippen molar-refractivity contribution < 1.29 is 14.3 Å². The van der Waals surface area contributed by atoms with Crippen molar-refractivity contribution in [1.82, 2.24) is 4.98 Å². The molecule has 136 valence electrons. The Kier molecular flexibility index (Phi) is 5.68.